The Kier molecular flexibility index (Phi) is 13.0. The van der Waals surface area contributed by atoms with Crippen molar-refractivity contribution in [3.8, 4) is 5.75 Å². The summed E-state index contributed by atoms with van der Waals surface area (Å²) in [5.41, 5.74) is 9.37. The van der Waals surface area contributed by atoms with Gasteiger partial charge in [0.2, 0.25) is 5.91 Å². The molecule has 4 aromatic rings. The lowest BCUT2D eigenvalue weighted by Crippen LogP contribution is -2.26. The molecule has 0 saturated heterocycles. The number of thiophene rings is 1. The van der Waals surface area contributed by atoms with E-state index in [1.165, 1.54) is 54.5 Å². The second-order valence-electron chi connectivity index (χ2n) is 14.9. The maximum atomic E-state index is 14.2. The number of aromatic nitrogens is 1. The highest BCUT2D eigenvalue weighted by Crippen LogP contribution is 2.54. The van der Waals surface area contributed by atoms with E-state index in [0.29, 0.717) is 17.9 Å². The summed E-state index contributed by atoms with van der Waals surface area (Å²) in [6.07, 6.45) is 11.6. The van der Waals surface area contributed by atoms with Gasteiger partial charge in [0.05, 0.1) is 23.3 Å². The number of nitrogens with zero attached hydrogens (tertiary/aromatic N) is 1. The van der Waals surface area contributed by atoms with E-state index >= 15 is 0 Å². The molecule has 7 nitrogen and oxygen atoms in total. The molecule has 1 amide bonds. The molecule has 0 bridgehead atoms. The van der Waals surface area contributed by atoms with E-state index in [4.69, 9.17) is 19.5 Å². The Morgan fingerprint density at radius 3 is 2.15 bits per heavy atom. The SMILES string of the molecule is CCCCCCCCCc1ccc2c3c(C(N)=O)ccc(OCP(=O)(OC(C)(C)C)OC(C)(C)C)c3n(Cc3sccc3CCC)c2c1. The Labute approximate surface area is 292 Å². The zero-order valence-electron chi connectivity index (χ0n) is 30.4. The van der Waals surface area contributed by atoms with E-state index in [9.17, 15) is 9.36 Å². The number of rotatable bonds is 18. The molecule has 2 aromatic heterocycles. The van der Waals surface area contributed by atoms with E-state index in [1.807, 2.05) is 41.5 Å². The van der Waals surface area contributed by atoms with Gasteiger partial charge < -0.3 is 24.1 Å². The first kappa shape index (κ1) is 38.2. The minimum absolute atomic E-state index is 0.280. The molecule has 0 aliphatic heterocycles. The van der Waals surface area contributed by atoms with E-state index in [-0.39, 0.29) is 6.35 Å². The lowest BCUT2D eigenvalue weighted by Gasteiger charge is -2.31. The number of hydrogen-bond acceptors (Lipinski definition) is 6. The van der Waals surface area contributed by atoms with Crippen molar-refractivity contribution in [2.24, 2.45) is 5.73 Å². The Balaban J connectivity index is 1.83. The molecule has 0 unspecified atom stereocenters. The minimum atomic E-state index is -3.71. The molecule has 0 atom stereocenters. The van der Waals surface area contributed by atoms with Crippen LogP contribution in [0, 0.1) is 0 Å². The highest BCUT2D eigenvalue weighted by molar-refractivity contribution is 7.53. The smallest absolute Gasteiger partial charge is 0.368 e. The van der Waals surface area contributed by atoms with Crippen molar-refractivity contribution in [3.05, 3.63) is 63.3 Å². The van der Waals surface area contributed by atoms with Crippen LogP contribution < -0.4 is 10.5 Å². The number of carbonyl (C=O) groups is 1. The molecule has 2 heterocycles. The van der Waals surface area contributed by atoms with Gasteiger partial charge in [-0.15, -0.1) is 11.3 Å². The molecule has 4 rings (SSSR count). The molecule has 0 spiro atoms. The van der Waals surface area contributed by atoms with Crippen LogP contribution in [0.5, 0.6) is 5.75 Å². The third-order valence-electron chi connectivity index (χ3n) is 8.23. The van der Waals surface area contributed by atoms with Crippen molar-refractivity contribution in [2.45, 2.75) is 137 Å². The van der Waals surface area contributed by atoms with Gasteiger partial charge in [0.25, 0.3) is 0 Å². The average molecular weight is 697 g/mol. The van der Waals surface area contributed by atoms with E-state index in [2.05, 4.69) is 48.1 Å². The van der Waals surface area contributed by atoms with Crippen LogP contribution in [0.1, 0.15) is 133 Å². The molecule has 0 aliphatic carbocycles. The first-order valence-electron chi connectivity index (χ1n) is 17.7. The molecule has 2 aromatic carbocycles. The van der Waals surface area contributed by atoms with Gasteiger partial charge in [-0.1, -0.05) is 70.9 Å². The number of nitrogens with two attached hydrogens (primary N) is 1. The molecule has 2 N–H and O–H groups in total. The lowest BCUT2D eigenvalue weighted by atomic mass is 10.0. The second kappa shape index (κ2) is 16.4. The third kappa shape index (κ3) is 10.2. The van der Waals surface area contributed by atoms with Crippen LogP contribution in [0.15, 0.2) is 41.8 Å². The van der Waals surface area contributed by atoms with Gasteiger partial charge in [-0.25, -0.2) is 0 Å². The van der Waals surface area contributed by atoms with Crippen molar-refractivity contribution in [2.75, 3.05) is 6.35 Å². The summed E-state index contributed by atoms with van der Waals surface area (Å²) < 4.78 is 34.9. The molecule has 0 aliphatic rings. The fourth-order valence-corrected chi connectivity index (χ4v) is 9.40. The quantitative estimate of drug-likeness (QED) is 0.0825. The lowest BCUT2D eigenvalue weighted by molar-refractivity contribution is 0.0420. The molecular formula is C39H57N2O5PS. The minimum Gasteiger partial charge on any atom is -0.479 e. The van der Waals surface area contributed by atoms with Crippen molar-refractivity contribution in [1.82, 2.24) is 4.57 Å². The van der Waals surface area contributed by atoms with Gasteiger partial charge >= 0.3 is 7.60 Å². The Morgan fingerprint density at radius 1 is 0.854 bits per heavy atom. The Hall–Kier alpha value is -2.64. The summed E-state index contributed by atoms with van der Waals surface area (Å²) in [5, 5.41) is 3.84. The second-order valence-corrected chi connectivity index (χ2v) is 17.8. The molecule has 0 radical (unpaired) electrons. The van der Waals surface area contributed by atoms with Crippen LogP contribution in [-0.4, -0.2) is 28.0 Å². The van der Waals surface area contributed by atoms with E-state index < -0.39 is 24.7 Å². The Morgan fingerprint density at radius 2 is 1.52 bits per heavy atom. The number of aryl methyl sites for hydroxylation is 2. The monoisotopic (exact) mass is 696 g/mol. The van der Waals surface area contributed by atoms with Crippen LogP contribution in [0.25, 0.3) is 21.8 Å². The maximum absolute atomic E-state index is 14.2. The van der Waals surface area contributed by atoms with Gasteiger partial charge in [-0.3, -0.25) is 9.36 Å². The number of fused-ring (bicyclic) bond motifs is 3. The average Bonchev–Trinajstić information content (AvgIpc) is 3.56. The molecule has 0 saturated carbocycles. The molecule has 0 fully saturated rings. The van der Waals surface area contributed by atoms with E-state index in [1.54, 1.807) is 23.5 Å². The van der Waals surface area contributed by atoms with Gasteiger partial charge in [0.1, 0.15) is 5.75 Å². The summed E-state index contributed by atoms with van der Waals surface area (Å²) in [7, 11) is -3.71. The summed E-state index contributed by atoms with van der Waals surface area (Å²) in [6, 6.07) is 12.3. The third-order valence-corrected chi connectivity index (χ3v) is 11.3. The fraction of sp³-hybridized carbons (Fsp3) is 0.564. The zero-order chi connectivity index (χ0) is 35.1. The van der Waals surface area contributed by atoms with Gasteiger partial charge in [-0.05, 0) is 102 Å². The van der Waals surface area contributed by atoms with Gasteiger partial charge in [-0.2, -0.15) is 0 Å². The highest BCUT2D eigenvalue weighted by Gasteiger charge is 2.36. The summed E-state index contributed by atoms with van der Waals surface area (Å²) >= 11 is 1.74. The van der Waals surface area contributed by atoms with Crippen molar-refractivity contribution < 1.29 is 23.1 Å². The van der Waals surface area contributed by atoms with Crippen LogP contribution in [-0.2, 0) is 33.0 Å². The van der Waals surface area contributed by atoms with Gasteiger partial charge in [0.15, 0.2) is 6.35 Å². The Bertz CT molecular complexity index is 1710. The first-order valence-corrected chi connectivity index (χ1v) is 20.3. The number of carbonyl (C=O) groups excluding carboxylic acids is 1. The van der Waals surface area contributed by atoms with Crippen molar-refractivity contribution >= 4 is 46.6 Å². The van der Waals surface area contributed by atoms with Crippen molar-refractivity contribution in [3.63, 3.8) is 0 Å². The normalized spacial score (nSPS) is 12.8. The predicted molar refractivity (Wildman–Crippen MR) is 202 cm³/mol. The maximum Gasteiger partial charge on any atom is 0.368 e. The molecule has 264 valence electrons. The summed E-state index contributed by atoms with van der Waals surface area (Å²) in [6.45, 7) is 16.2. The van der Waals surface area contributed by atoms with Crippen LogP contribution in [0.2, 0.25) is 0 Å². The predicted octanol–water partition coefficient (Wildman–Crippen LogP) is 11.4. The first-order chi connectivity index (χ1) is 22.6. The number of hydrogen-bond donors (Lipinski definition) is 1. The van der Waals surface area contributed by atoms with Gasteiger partial charge in [0, 0.05) is 26.7 Å². The largest absolute Gasteiger partial charge is 0.479 e. The van der Waals surface area contributed by atoms with Crippen LogP contribution in [0.4, 0.5) is 0 Å². The molecule has 9 heteroatoms. The zero-order valence-corrected chi connectivity index (χ0v) is 32.2. The summed E-state index contributed by atoms with van der Waals surface area (Å²) in [5.74, 6) is 0.00187. The number of amides is 1. The highest BCUT2D eigenvalue weighted by atomic mass is 32.1. The number of unbranched alkanes of at least 4 members (excludes halogenated alkanes) is 6. The summed E-state index contributed by atoms with van der Waals surface area (Å²) in [4.78, 5) is 14.2. The topological polar surface area (TPSA) is 92.8 Å². The number of benzene rings is 2. The van der Waals surface area contributed by atoms with Crippen molar-refractivity contribution in [1.29, 1.82) is 0 Å². The van der Waals surface area contributed by atoms with E-state index in [0.717, 1.165) is 47.5 Å². The fourth-order valence-electron chi connectivity index (χ4n) is 6.37. The number of primary amides is 1. The van der Waals surface area contributed by atoms with Crippen LogP contribution in [0.3, 0.4) is 0 Å². The van der Waals surface area contributed by atoms with Crippen LogP contribution >= 0.6 is 18.9 Å². The molecule has 48 heavy (non-hydrogen) atoms. The standard InChI is InChI=1S/C39H57N2O5PS/c1-9-11-12-13-14-15-16-18-28-19-20-30-32(25-28)41(26-34-29(17-10-2)23-24-48-34)36-33(22-21-31(35(30)36)37(40)42)44-27-47(43,45-38(3,4)5)46-39(6,7)8/h19-25H,9-18,26-27H2,1-8H3,(H2,40,42). The molecular weight excluding hydrogens is 639 g/mol. The number of ether oxygens (including phenoxy) is 1.